The van der Waals surface area contributed by atoms with Crippen LogP contribution in [0.5, 0.6) is 0 Å². The molecule has 0 rings (SSSR count). The average molecular weight is 877 g/mol. The summed E-state index contributed by atoms with van der Waals surface area (Å²) in [5.74, 6) is -0.373. The second-order valence-electron chi connectivity index (χ2n) is 17.9. The van der Waals surface area contributed by atoms with Crippen LogP contribution in [-0.4, -0.2) is 66.3 Å². The molecule has 0 aromatic rings. The van der Waals surface area contributed by atoms with E-state index >= 15 is 0 Å². The summed E-state index contributed by atoms with van der Waals surface area (Å²) in [7, 11) is -4.51. The highest BCUT2D eigenvalue weighted by atomic mass is 31.2. The number of aliphatic hydroxyl groups excluding tert-OH is 2. The normalized spacial score (nSPS) is 13.8. The fourth-order valence-corrected chi connectivity index (χ4v) is 8.62. The van der Waals surface area contributed by atoms with E-state index in [0.717, 1.165) is 32.1 Å². The predicted octanol–water partition coefficient (Wildman–Crippen LogP) is 15.0. The number of ether oxygens (including phenoxy) is 2. The van der Waals surface area contributed by atoms with E-state index in [4.69, 9.17) is 23.6 Å². The molecule has 0 aromatic heterocycles. The van der Waals surface area contributed by atoms with Crippen LogP contribution in [0.1, 0.15) is 271 Å². The summed E-state index contributed by atoms with van der Waals surface area (Å²) in [5.41, 5.74) is 0. The first-order valence-corrected chi connectivity index (χ1v) is 27.5. The van der Waals surface area contributed by atoms with Crippen molar-refractivity contribution < 1.29 is 43.0 Å². The monoisotopic (exact) mass is 877 g/mol. The van der Waals surface area contributed by atoms with Gasteiger partial charge in [0.1, 0.15) is 12.2 Å². The third kappa shape index (κ3) is 47.0. The van der Waals surface area contributed by atoms with Crippen molar-refractivity contribution in [2.75, 3.05) is 33.0 Å². The summed E-state index contributed by atoms with van der Waals surface area (Å²) in [4.78, 5) is 22.7. The number of phosphoric ester groups is 1. The minimum absolute atomic E-state index is 0.0588. The topological polar surface area (TPSA) is 132 Å². The maximum absolute atomic E-state index is 12.7. The molecule has 0 aliphatic carbocycles. The third-order valence-corrected chi connectivity index (χ3v) is 12.7. The van der Waals surface area contributed by atoms with Crippen molar-refractivity contribution >= 4 is 13.8 Å². The third-order valence-electron chi connectivity index (χ3n) is 11.8. The highest BCUT2D eigenvalue weighted by Gasteiger charge is 2.26. The van der Waals surface area contributed by atoms with Crippen molar-refractivity contribution in [1.82, 2.24) is 0 Å². The molecule has 0 amide bonds. The SMILES string of the molecule is CCCCCCCCCCCCCCCCCCCCCCCCOCC(COP(=O)(O)OCC(O)CO)OC(=O)CCCCCCCCCCCCCCCCCCC. The maximum atomic E-state index is 12.7. The maximum Gasteiger partial charge on any atom is 0.472 e. The van der Waals surface area contributed by atoms with E-state index in [2.05, 4.69) is 13.8 Å². The fraction of sp³-hybridized carbons (Fsp3) is 0.980. The molecule has 3 unspecified atom stereocenters. The van der Waals surface area contributed by atoms with Crippen LogP contribution in [0.4, 0.5) is 0 Å². The first kappa shape index (κ1) is 59.5. The van der Waals surface area contributed by atoms with Gasteiger partial charge in [0.15, 0.2) is 0 Å². The van der Waals surface area contributed by atoms with Gasteiger partial charge in [-0.25, -0.2) is 4.57 Å². The first-order chi connectivity index (χ1) is 29.3. The Kier molecular flexibility index (Phi) is 47.5. The molecule has 0 saturated heterocycles. The molecule has 0 spiro atoms. The van der Waals surface area contributed by atoms with E-state index in [1.165, 1.54) is 218 Å². The van der Waals surface area contributed by atoms with Gasteiger partial charge >= 0.3 is 13.8 Å². The number of carbonyl (C=O) groups is 1. The molecule has 0 aromatic carbocycles. The van der Waals surface area contributed by atoms with Crippen molar-refractivity contribution in [2.24, 2.45) is 0 Å². The summed E-state index contributed by atoms with van der Waals surface area (Å²) in [6, 6.07) is 0. The zero-order valence-corrected chi connectivity index (χ0v) is 40.6. The molecule has 9 nitrogen and oxygen atoms in total. The molecule has 0 heterocycles. The highest BCUT2D eigenvalue weighted by Crippen LogP contribution is 2.43. The Labute approximate surface area is 371 Å². The van der Waals surface area contributed by atoms with Gasteiger partial charge in [-0.1, -0.05) is 251 Å². The Balaban J connectivity index is 3.99. The largest absolute Gasteiger partial charge is 0.472 e. The zero-order chi connectivity index (χ0) is 43.9. The van der Waals surface area contributed by atoms with Gasteiger partial charge in [-0.05, 0) is 12.8 Å². The van der Waals surface area contributed by atoms with Crippen LogP contribution in [0.15, 0.2) is 0 Å². The van der Waals surface area contributed by atoms with Gasteiger partial charge in [0.2, 0.25) is 0 Å². The van der Waals surface area contributed by atoms with Gasteiger partial charge in [0.05, 0.1) is 26.4 Å². The molecule has 0 radical (unpaired) electrons. The molecule has 0 aliphatic heterocycles. The van der Waals surface area contributed by atoms with Gasteiger partial charge in [-0.2, -0.15) is 0 Å². The van der Waals surface area contributed by atoms with Gasteiger partial charge in [0, 0.05) is 13.0 Å². The van der Waals surface area contributed by atoms with Crippen LogP contribution in [0.3, 0.4) is 0 Å². The highest BCUT2D eigenvalue weighted by molar-refractivity contribution is 7.47. The molecular weight excluding hydrogens is 776 g/mol. The number of esters is 1. The van der Waals surface area contributed by atoms with Gasteiger partial charge in [0.25, 0.3) is 0 Å². The van der Waals surface area contributed by atoms with Crippen molar-refractivity contribution in [1.29, 1.82) is 0 Å². The molecule has 0 bridgehead atoms. The van der Waals surface area contributed by atoms with E-state index < -0.39 is 33.2 Å². The number of hydrogen-bond acceptors (Lipinski definition) is 8. The lowest BCUT2D eigenvalue weighted by atomic mass is 10.0. The minimum Gasteiger partial charge on any atom is -0.457 e. The number of aliphatic hydroxyl groups is 2. The molecular formula is C50H101O9P. The van der Waals surface area contributed by atoms with Gasteiger partial charge in [-0.15, -0.1) is 0 Å². The molecule has 0 saturated carbocycles. The number of phosphoric acid groups is 1. The van der Waals surface area contributed by atoms with Gasteiger partial charge < -0.3 is 24.6 Å². The van der Waals surface area contributed by atoms with Crippen molar-refractivity contribution in [2.45, 2.75) is 283 Å². The molecule has 0 fully saturated rings. The Bertz CT molecular complexity index is 907. The molecule has 3 N–H and O–H groups in total. The number of unbranched alkanes of at least 4 members (excludes halogenated alkanes) is 37. The summed E-state index contributed by atoms with van der Waals surface area (Å²) < 4.78 is 33.5. The van der Waals surface area contributed by atoms with Crippen LogP contribution in [-0.2, 0) is 27.9 Å². The lowest BCUT2D eigenvalue weighted by Gasteiger charge is -2.20. The van der Waals surface area contributed by atoms with E-state index in [9.17, 15) is 19.4 Å². The summed E-state index contributed by atoms with van der Waals surface area (Å²) >= 11 is 0. The average Bonchev–Trinajstić information content (AvgIpc) is 3.24. The Morgan fingerprint density at radius 1 is 0.450 bits per heavy atom. The predicted molar refractivity (Wildman–Crippen MR) is 252 cm³/mol. The lowest BCUT2D eigenvalue weighted by molar-refractivity contribution is -0.154. The minimum atomic E-state index is -4.51. The second-order valence-corrected chi connectivity index (χ2v) is 19.4. The van der Waals surface area contributed by atoms with E-state index in [0.29, 0.717) is 6.61 Å². The smallest absolute Gasteiger partial charge is 0.457 e. The summed E-state index contributed by atoms with van der Waals surface area (Å²) in [6.07, 6.45) is 49.3. The van der Waals surface area contributed by atoms with E-state index in [1.807, 2.05) is 0 Å². The number of rotatable bonds is 51. The molecule has 3 atom stereocenters. The van der Waals surface area contributed by atoms with Crippen molar-refractivity contribution in [3.63, 3.8) is 0 Å². The summed E-state index contributed by atoms with van der Waals surface area (Å²) in [6.45, 7) is 3.61. The number of carbonyl (C=O) groups excluding carboxylic acids is 1. The molecule has 60 heavy (non-hydrogen) atoms. The van der Waals surface area contributed by atoms with Crippen LogP contribution in [0.25, 0.3) is 0 Å². The van der Waals surface area contributed by atoms with E-state index in [1.54, 1.807) is 0 Å². The van der Waals surface area contributed by atoms with Crippen LogP contribution in [0, 0.1) is 0 Å². The zero-order valence-electron chi connectivity index (χ0n) is 39.7. The lowest BCUT2D eigenvalue weighted by Crippen LogP contribution is -2.29. The standard InChI is InChI=1S/C50H101O9P/c1-3-5-7-9-11-13-15-17-19-21-22-23-24-25-27-29-31-33-35-37-39-41-43-56-46-49(47-58-60(54,55)57-45-48(52)44-51)59-50(53)42-40-38-36-34-32-30-28-26-20-18-16-14-12-10-8-6-4-2/h48-49,51-52H,3-47H2,1-2H3,(H,54,55). The number of hydrogen-bond donors (Lipinski definition) is 3. The Morgan fingerprint density at radius 3 is 1.08 bits per heavy atom. The van der Waals surface area contributed by atoms with Crippen LogP contribution >= 0.6 is 7.82 Å². The quantitative estimate of drug-likeness (QED) is 0.0310. The van der Waals surface area contributed by atoms with Crippen LogP contribution < -0.4 is 0 Å². The van der Waals surface area contributed by atoms with Crippen LogP contribution in [0.2, 0.25) is 0 Å². The first-order valence-electron chi connectivity index (χ1n) is 26.0. The second kappa shape index (κ2) is 47.9. The van der Waals surface area contributed by atoms with Gasteiger partial charge in [-0.3, -0.25) is 13.8 Å². The summed E-state index contributed by atoms with van der Waals surface area (Å²) in [5, 5.41) is 18.4. The molecule has 360 valence electrons. The molecule has 0 aliphatic rings. The molecule has 10 heteroatoms. The van der Waals surface area contributed by atoms with Crippen molar-refractivity contribution in [3.8, 4) is 0 Å². The fourth-order valence-electron chi connectivity index (χ4n) is 7.83. The van der Waals surface area contributed by atoms with E-state index in [-0.39, 0.29) is 25.6 Å². The Morgan fingerprint density at radius 2 is 0.750 bits per heavy atom. The van der Waals surface area contributed by atoms with Crippen molar-refractivity contribution in [3.05, 3.63) is 0 Å². The Hall–Kier alpha value is -0.540.